The van der Waals surface area contributed by atoms with E-state index in [1.54, 1.807) is 38.2 Å². The van der Waals surface area contributed by atoms with Crippen molar-refractivity contribution in [1.82, 2.24) is 9.55 Å². The van der Waals surface area contributed by atoms with Crippen molar-refractivity contribution in [3.63, 3.8) is 0 Å². The average molecular weight is 431 g/mol. The number of anilines is 1. The van der Waals surface area contributed by atoms with E-state index in [-0.39, 0.29) is 18.7 Å². The molecule has 0 spiro atoms. The molecule has 31 heavy (non-hydrogen) atoms. The molecule has 0 bridgehead atoms. The van der Waals surface area contributed by atoms with Crippen LogP contribution < -0.4 is 20.3 Å². The quantitative estimate of drug-likeness (QED) is 0.468. The molecule has 2 rings (SSSR count). The number of carboxylic acid groups (broad SMARTS) is 1. The molecule has 0 aliphatic rings. The van der Waals surface area contributed by atoms with Gasteiger partial charge in [-0.25, -0.2) is 9.78 Å². The standard InChI is InChI=1S/C22H30N4O5/c1-6-7-17(23)18-19(24-5)20(27)26(14(2)25-18)12-13-30-15-8-10-16(11-9-15)31-22(3,4)21(28)29/h8-11,23-24H,6-7,12-13H2,1-5H3,(H,28,29). The van der Waals surface area contributed by atoms with Crippen LogP contribution in [0.4, 0.5) is 5.69 Å². The van der Waals surface area contributed by atoms with Gasteiger partial charge in [-0.1, -0.05) is 13.3 Å². The minimum absolute atomic E-state index is 0.234. The number of carboxylic acids is 1. The second-order valence-electron chi connectivity index (χ2n) is 7.56. The molecule has 3 N–H and O–H groups in total. The van der Waals surface area contributed by atoms with Gasteiger partial charge >= 0.3 is 5.97 Å². The lowest BCUT2D eigenvalue weighted by Crippen LogP contribution is -2.37. The summed E-state index contributed by atoms with van der Waals surface area (Å²) in [6.07, 6.45) is 1.36. The van der Waals surface area contributed by atoms with E-state index < -0.39 is 11.6 Å². The Morgan fingerprint density at radius 3 is 2.42 bits per heavy atom. The van der Waals surface area contributed by atoms with Crippen LogP contribution in [0.15, 0.2) is 29.1 Å². The van der Waals surface area contributed by atoms with Gasteiger partial charge in [0.25, 0.3) is 5.56 Å². The van der Waals surface area contributed by atoms with Gasteiger partial charge in [0.1, 0.15) is 35.3 Å². The van der Waals surface area contributed by atoms with Gasteiger partial charge in [-0.05, 0) is 51.5 Å². The van der Waals surface area contributed by atoms with Gasteiger partial charge in [0.2, 0.25) is 0 Å². The molecule has 2 aromatic rings. The topological polar surface area (TPSA) is 127 Å². The minimum Gasteiger partial charge on any atom is -0.492 e. The molecule has 0 aliphatic carbocycles. The third-order valence-corrected chi connectivity index (χ3v) is 4.69. The molecule has 0 fully saturated rings. The summed E-state index contributed by atoms with van der Waals surface area (Å²) in [6.45, 7) is 7.19. The van der Waals surface area contributed by atoms with Crippen LogP contribution in [-0.4, -0.2) is 45.6 Å². The number of rotatable bonds is 11. The Bertz CT molecular complexity index is 996. The zero-order valence-electron chi connectivity index (χ0n) is 18.6. The smallest absolute Gasteiger partial charge is 0.347 e. The summed E-state index contributed by atoms with van der Waals surface area (Å²) < 4.78 is 12.7. The van der Waals surface area contributed by atoms with Crippen LogP contribution in [0, 0.1) is 12.3 Å². The fourth-order valence-electron chi connectivity index (χ4n) is 2.93. The van der Waals surface area contributed by atoms with Gasteiger partial charge in [0, 0.05) is 7.05 Å². The van der Waals surface area contributed by atoms with Crippen molar-refractivity contribution in [2.24, 2.45) is 0 Å². The van der Waals surface area contributed by atoms with Gasteiger partial charge in [0.15, 0.2) is 5.60 Å². The molecule has 0 saturated carbocycles. The molecule has 0 atom stereocenters. The Morgan fingerprint density at radius 1 is 1.26 bits per heavy atom. The highest BCUT2D eigenvalue weighted by atomic mass is 16.5. The first-order valence-corrected chi connectivity index (χ1v) is 10.1. The van der Waals surface area contributed by atoms with Gasteiger partial charge in [-0.15, -0.1) is 0 Å². The average Bonchev–Trinajstić information content (AvgIpc) is 2.71. The van der Waals surface area contributed by atoms with Gasteiger partial charge < -0.3 is 25.3 Å². The van der Waals surface area contributed by atoms with E-state index >= 15 is 0 Å². The molecular weight excluding hydrogens is 400 g/mol. The van der Waals surface area contributed by atoms with Crippen LogP contribution in [0.3, 0.4) is 0 Å². The summed E-state index contributed by atoms with van der Waals surface area (Å²) in [5.41, 5.74) is -0.535. The monoisotopic (exact) mass is 430 g/mol. The first kappa shape index (κ1) is 23.9. The summed E-state index contributed by atoms with van der Waals surface area (Å²) in [5, 5.41) is 20.2. The maximum atomic E-state index is 12.9. The molecule has 0 saturated heterocycles. The number of aliphatic carboxylic acids is 1. The number of benzene rings is 1. The van der Waals surface area contributed by atoms with Crippen molar-refractivity contribution in [3.05, 3.63) is 46.1 Å². The minimum atomic E-state index is -1.33. The van der Waals surface area contributed by atoms with Crippen molar-refractivity contribution >= 4 is 17.4 Å². The van der Waals surface area contributed by atoms with Gasteiger partial charge in [-0.3, -0.25) is 9.36 Å². The molecule has 1 heterocycles. The Hall–Kier alpha value is -3.36. The molecular formula is C22H30N4O5. The molecule has 1 aromatic heterocycles. The fraction of sp³-hybridized carbons (Fsp3) is 0.455. The van der Waals surface area contributed by atoms with Crippen molar-refractivity contribution < 1.29 is 19.4 Å². The Labute approximate surface area is 181 Å². The fourth-order valence-corrected chi connectivity index (χ4v) is 2.93. The first-order chi connectivity index (χ1) is 14.6. The maximum absolute atomic E-state index is 12.9. The second-order valence-corrected chi connectivity index (χ2v) is 7.56. The zero-order valence-corrected chi connectivity index (χ0v) is 18.6. The lowest BCUT2D eigenvalue weighted by atomic mass is 10.1. The highest BCUT2D eigenvalue weighted by Crippen LogP contribution is 2.22. The zero-order chi connectivity index (χ0) is 23.2. The predicted octanol–water partition coefficient (Wildman–Crippen LogP) is 3.08. The van der Waals surface area contributed by atoms with Crippen molar-refractivity contribution in [2.45, 2.75) is 52.7 Å². The van der Waals surface area contributed by atoms with E-state index in [0.29, 0.717) is 40.8 Å². The van der Waals surface area contributed by atoms with E-state index in [2.05, 4.69) is 10.3 Å². The molecule has 0 unspecified atom stereocenters. The lowest BCUT2D eigenvalue weighted by Gasteiger charge is -2.21. The Balaban J connectivity index is 2.08. The molecule has 168 valence electrons. The first-order valence-electron chi connectivity index (χ1n) is 10.1. The number of ether oxygens (including phenoxy) is 2. The molecule has 0 aliphatic heterocycles. The third kappa shape index (κ3) is 5.84. The van der Waals surface area contributed by atoms with Crippen molar-refractivity contribution in [1.29, 1.82) is 5.41 Å². The van der Waals surface area contributed by atoms with Crippen LogP contribution in [0.25, 0.3) is 0 Å². The number of nitrogens with one attached hydrogen (secondary N) is 2. The molecule has 1 aromatic carbocycles. The Morgan fingerprint density at radius 2 is 1.87 bits per heavy atom. The number of hydrogen-bond donors (Lipinski definition) is 3. The van der Waals surface area contributed by atoms with Gasteiger partial charge in [0.05, 0.1) is 12.3 Å². The molecule has 0 amide bonds. The Kier molecular flexibility index (Phi) is 7.79. The van der Waals surface area contributed by atoms with Gasteiger partial charge in [-0.2, -0.15) is 0 Å². The van der Waals surface area contributed by atoms with Crippen molar-refractivity contribution in [3.8, 4) is 11.5 Å². The largest absolute Gasteiger partial charge is 0.492 e. The lowest BCUT2D eigenvalue weighted by molar-refractivity contribution is -0.152. The summed E-state index contributed by atoms with van der Waals surface area (Å²) in [4.78, 5) is 28.5. The number of carbonyl (C=O) groups is 1. The number of aromatic nitrogens is 2. The van der Waals surface area contributed by atoms with Crippen LogP contribution >= 0.6 is 0 Å². The van der Waals surface area contributed by atoms with E-state index in [0.717, 1.165) is 6.42 Å². The normalized spacial score (nSPS) is 11.1. The van der Waals surface area contributed by atoms with E-state index in [4.69, 9.17) is 20.0 Å². The van der Waals surface area contributed by atoms with E-state index in [9.17, 15) is 9.59 Å². The number of hydrogen-bond acceptors (Lipinski definition) is 7. The van der Waals surface area contributed by atoms with E-state index in [1.807, 2.05) is 6.92 Å². The van der Waals surface area contributed by atoms with Crippen LogP contribution in [0.5, 0.6) is 11.5 Å². The summed E-state index contributed by atoms with van der Waals surface area (Å²) in [5.74, 6) is 0.441. The summed E-state index contributed by atoms with van der Waals surface area (Å²) in [6, 6.07) is 6.61. The maximum Gasteiger partial charge on any atom is 0.347 e. The van der Waals surface area contributed by atoms with Crippen LogP contribution in [-0.2, 0) is 11.3 Å². The van der Waals surface area contributed by atoms with Crippen molar-refractivity contribution in [2.75, 3.05) is 19.0 Å². The predicted molar refractivity (Wildman–Crippen MR) is 119 cm³/mol. The highest BCUT2D eigenvalue weighted by molar-refractivity contribution is 6.00. The summed E-state index contributed by atoms with van der Waals surface area (Å²) in [7, 11) is 1.65. The molecule has 0 radical (unpaired) electrons. The van der Waals surface area contributed by atoms with Crippen LogP contribution in [0.1, 0.15) is 45.1 Å². The van der Waals surface area contributed by atoms with E-state index in [1.165, 1.54) is 18.4 Å². The number of aryl methyl sites for hydroxylation is 1. The molecule has 9 heteroatoms. The number of nitrogens with zero attached hydrogens (tertiary/aromatic N) is 2. The third-order valence-electron chi connectivity index (χ3n) is 4.69. The summed E-state index contributed by atoms with van der Waals surface area (Å²) >= 11 is 0. The molecule has 9 nitrogen and oxygen atoms in total. The second kappa shape index (κ2) is 10.1. The van der Waals surface area contributed by atoms with Crippen LogP contribution in [0.2, 0.25) is 0 Å². The highest BCUT2D eigenvalue weighted by Gasteiger charge is 2.29. The SMILES string of the molecule is CCCC(=N)c1nc(C)n(CCOc2ccc(OC(C)(C)C(=O)O)cc2)c(=O)c1NC.